The van der Waals surface area contributed by atoms with Gasteiger partial charge in [-0.05, 0) is 37.6 Å². The minimum Gasteiger partial charge on any atom is -0.494 e. The Morgan fingerprint density at radius 1 is 1.35 bits per heavy atom. The van der Waals surface area contributed by atoms with E-state index in [1.54, 1.807) is 24.3 Å². The normalized spacial score (nSPS) is 10.2. The molecule has 17 heavy (non-hydrogen) atoms. The van der Waals surface area contributed by atoms with Crippen LogP contribution >= 0.6 is 0 Å². The number of ketones is 1. The third-order valence-electron chi connectivity index (χ3n) is 2.48. The molecular weight excluding hydrogens is 216 g/mol. The lowest BCUT2D eigenvalue weighted by atomic mass is 10.1. The molecule has 0 atom stereocenters. The highest BCUT2D eigenvalue weighted by Crippen LogP contribution is 2.19. The molecule has 3 nitrogen and oxygen atoms in total. The van der Waals surface area contributed by atoms with Gasteiger partial charge in [0.15, 0.2) is 5.76 Å². The van der Waals surface area contributed by atoms with Crippen LogP contribution in [0.25, 0.3) is 0 Å². The number of carbonyl (C=O) groups is 1. The van der Waals surface area contributed by atoms with Gasteiger partial charge in [0.25, 0.3) is 0 Å². The van der Waals surface area contributed by atoms with Crippen molar-refractivity contribution in [1.29, 1.82) is 0 Å². The van der Waals surface area contributed by atoms with Gasteiger partial charge >= 0.3 is 0 Å². The maximum atomic E-state index is 12.1. The zero-order valence-electron chi connectivity index (χ0n) is 9.90. The van der Waals surface area contributed by atoms with Crippen molar-refractivity contribution in [3.8, 4) is 5.75 Å². The molecule has 0 aliphatic rings. The number of carbonyl (C=O) groups excluding carboxylic acids is 1. The minimum absolute atomic E-state index is 0.117. The Hall–Kier alpha value is -2.03. The van der Waals surface area contributed by atoms with E-state index in [1.165, 1.54) is 6.26 Å². The average Bonchev–Trinajstić information content (AvgIpc) is 2.75. The fraction of sp³-hybridized carbons (Fsp3) is 0.214. The van der Waals surface area contributed by atoms with Crippen molar-refractivity contribution in [2.45, 2.75) is 13.8 Å². The quantitative estimate of drug-likeness (QED) is 0.757. The van der Waals surface area contributed by atoms with E-state index in [2.05, 4.69) is 0 Å². The van der Waals surface area contributed by atoms with Gasteiger partial charge in [0.1, 0.15) is 5.75 Å². The molecule has 0 saturated heterocycles. The van der Waals surface area contributed by atoms with Crippen LogP contribution in [0, 0.1) is 6.92 Å². The Balaban J connectivity index is 2.31. The maximum Gasteiger partial charge on any atom is 0.228 e. The summed E-state index contributed by atoms with van der Waals surface area (Å²) >= 11 is 0. The molecular formula is C14H14O3. The van der Waals surface area contributed by atoms with E-state index in [-0.39, 0.29) is 5.78 Å². The second-order valence-electron chi connectivity index (χ2n) is 3.72. The summed E-state index contributed by atoms with van der Waals surface area (Å²) in [5, 5.41) is 0. The topological polar surface area (TPSA) is 39.4 Å². The van der Waals surface area contributed by atoms with Crippen molar-refractivity contribution in [1.82, 2.24) is 0 Å². The van der Waals surface area contributed by atoms with Gasteiger partial charge in [-0.15, -0.1) is 0 Å². The van der Waals surface area contributed by atoms with Crippen LogP contribution in [0.5, 0.6) is 5.75 Å². The fourth-order valence-corrected chi connectivity index (χ4v) is 1.63. The summed E-state index contributed by atoms with van der Waals surface area (Å²) in [5.74, 6) is 0.968. The van der Waals surface area contributed by atoms with Gasteiger partial charge in [-0.1, -0.05) is 12.1 Å². The Bertz CT molecular complexity index is 526. The van der Waals surface area contributed by atoms with Crippen molar-refractivity contribution in [3.05, 3.63) is 53.5 Å². The smallest absolute Gasteiger partial charge is 0.228 e. The summed E-state index contributed by atoms with van der Waals surface area (Å²) < 4.78 is 10.6. The van der Waals surface area contributed by atoms with Crippen LogP contribution in [-0.2, 0) is 0 Å². The zero-order chi connectivity index (χ0) is 12.3. The van der Waals surface area contributed by atoms with Gasteiger partial charge < -0.3 is 9.15 Å². The lowest BCUT2D eigenvalue weighted by molar-refractivity contribution is 0.101. The van der Waals surface area contributed by atoms with Gasteiger partial charge in [0.05, 0.1) is 12.9 Å². The summed E-state index contributed by atoms with van der Waals surface area (Å²) in [5.41, 5.74) is 1.42. The standard InChI is InChI=1S/C14H14O3/c1-3-16-12-6-4-5-11(9-12)13(15)14-10(2)7-8-17-14/h4-9H,3H2,1-2H3. The van der Waals surface area contributed by atoms with Gasteiger partial charge in [0, 0.05) is 5.56 Å². The minimum atomic E-state index is -0.117. The van der Waals surface area contributed by atoms with Crippen molar-refractivity contribution in [3.63, 3.8) is 0 Å². The molecule has 0 N–H and O–H groups in total. The number of hydrogen-bond donors (Lipinski definition) is 0. The molecule has 1 aromatic carbocycles. The molecule has 1 heterocycles. The highest BCUT2D eigenvalue weighted by molar-refractivity contribution is 6.08. The number of rotatable bonds is 4. The molecule has 2 rings (SSSR count). The van der Waals surface area contributed by atoms with E-state index < -0.39 is 0 Å². The molecule has 0 saturated carbocycles. The lowest BCUT2D eigenvalue weighted by Crippen LogP contribution is -2.02. The molecule has 2 aromatic rings. The first kappa shape index (κ1) is 11.5. The maximum absolute atomic E-state index is 12.1. The van der Waals surface area contributed by atoms with Crippen LogP contribution < -0.4 is 4.74 Å². The number of benzene rings is 1. The van der Waals surface area contributed by atoms with Crippen LogP contribution in [-0.4, -0.2) is 12.4 Å². The molecule has 0 fully saturated rings. The van der Waals surface area contributed by atoms with E-state index in [0.717, 1.165) is 5.56 Å². The van der Waals surface area contributed by atoms with Gasteiger partial charge in [-0.2, -0.15) is 0 Å². The second kappa shape index (κ2) is 4.87. The fourth-order valence-electron chi connectivity index (χ4n) is 1.63. The number of aryl methyl sites for hydroxylation is 1. The van der Waals surface area contributed by atoms with Crippen molar-refractivity contribution < 1.29 is 13.9 Å². The van der Waals surface area contributed by atoms with E-state index in [9.17, 15) is 4.79 Å². The van der Waals surface area contributed by atoms with Crippen molar-refractivity contribution in [2.75, 3.05) is 6.61 Å². The largest absolute Gasteiger partial charge is 0.494 e. The van der Waals surface area contributed by atoms with E-state index in [0.29, 0.717) is 23.7 Å². The molecule has 0 spiro atoms. The molecule has 0 aliphatic heterocycles. The Morgan fingerprint density at radius 3 is 2.82 bits per heavy atom. The highest BCUT2D eigenvalue weighted by atomic mass is 16.5. The van der Waals surface area contributed by atoms with Gasteiger partial charge in [0.2, 0.25) is 5.78 Å². The first-order chi connectivity index (χ1) is 8.22. The molecule has 1 aromatic heterocycles. The molecule has 3 heteroatoms. The van der Waals surface area contributed by atoms with Crippen molar-refractivity contribution >= 4 is 5.78 Å². The van der Waals surface area contributed by atoms with E-state index in [1.807, 2.05) is 19.9 Å². The summed E-state index contributed by atoms with van der Waals surface area (Å²) in [6, 6.07) is 8.89. The number of hydrogen-bond acceptors (Lipinski definition) is 3. The molecule has 0 aliphatic carbocycles. The third kappa shape index (κ3) is 2.38. The van der Waals surface area contributed by atoms with E-state index in [4.69, 9.17) is 9.15 Å². The van der Waals surface area contributed by atoms with Crippen LogP contribution in [0.3, 0.4) is 0 Å². The first-order valence-electron chi connectivity index (χ1n) is 5.54. The SMILES string of the molecule is CCOc1cccc(C(=O)c2occc2C)c1. The molecule has 0 radical (unpaired) electrons. The zero-order valence-corrected chi connectivity index (χ0v) is 9.90. The third-order valence-corrected chi connectivity index (χ3v) is 2.48. The summed E-state index contributed by atoms with van der Waals surface area (Å²) in [7, 11) is 0. The number of ether oxygens (including phenoxy) is 1. The van der Waals surface area contributed by atoms with Crippen molar-refractivity contribution in [2.24, 2.45) is 0 Å². The monoisotopic (exact) mass is 230 g/mol. The first-order valence-corrected chi connectivity index (χ1v) is 5.54. The second-order valence-corrected chi connectivity index (χ2v) is 3.72. The van der Waals surface area contributed by atoms with Crippen LogP contribution in [0.1, 0.15) is 28.6 Å². The Kier molecular flexibility index (Phi) is 3.28. The van der Waals surface area contributed by atoms with Gasteiger partial charge in [-0.3, -0.25) is 4.79 Å². The average molecular weight is 230 g/mol. The van der Waals surface area contributed by atoms with E-state index >= 15 is 0 Å². The predicted octanol–water partition coefficient (Wildman–Crippen LogP) is 3.22. The molecule has 0 bridgehead atoms. The van der Waals surface area contributed by atoms with Crippen LogP contribution in [0.4, 0.5) is 0 Å². The number of furan rings is 1. The molecule has 0 amide bonds. The lowest BCUT2D eigenvalue weighted by Gasteiger charge is -2.04. The summed E-state index contributed by atoms with van der Waals surface area (Å²) in [6.45, 7) is 4.34. The highest BCUT2D eigenvalue weighted by Gasteiger charge is 2.15. The Labute approximate surface area is 100 Å². The molecule has 0 unspecified atom stereocenters. The molecule has 88 valence electrons. The Morgan fingerprint density at radius 2 is 2.18 bits per heavy atom. The van der Waals surface area contributed by atoms with Crippen LogP contribution in [0.2, 0.25) is 0 Å². The predicted molar refractivity (Wildman–Crippen MR) is 64.5 cm³/mol. The summed E-state index contributed by atoms with van der Waals surface area (Å²) in [4.78, 5) is 12.1. The summed E-state index contributed by atoms with van der Waals surface area (Å²) in [6.07, 6.45) is 1.52. The van der Waals surface area contributed by atoms with Crippen LogP contribution in [0.15, 0.2) is 41.0 Å². The van der Waals surface area contributed by atoms with Gasteiger partial charge in [-0.25, -0.2) is 0 Å².